The highest BCUT2D eigenvalue weighted by Gasteiger charge is 2.50. The van der Waals surface area contributed by atoms with Gasteiger partial charge in [0.05, 0.1) is 6.61 Å². The van der Waals surface area contributed by atoms with Gasteiger partial charge >= 0.3 is 17.1 Å². The van der Waals surface area contributed by atoms with E-state index in [1.165, 1.54) is 7.05 Å². The maximum atomic E-state index is 11.8. The van der Waals surface area contributed by atoms with Crippen molar-refractivity contribution in [3.05, 3.63) is 10.4 Å². The molecule has 4 atom stereocenters. The van der Waals surface area contributed by atoms with Gasteiger partial charge in [-0.25, -0.2) is 0 Å². The zero-order valence-electron chi connectivity index (χ0n) is 10.9. The van der Waals surface area contributed by atoms with Crippen molar-refractivity contribution in [3.63, 3.8) is 0 Å². The minimum atomic E-state index is -1.37. The minimum Gasteiger partial charge on any atom is -0.394 e. The van der Waals surface area contributed by atoms with E-state index in [4.69, 9.17) is 20.2 Å². The lowest BCUT2D eigenvalue weighted by molar-refractivity contribution is -0.850. The third-order valence-corrected chi connectivity index (χ3v) is 3.33. The van der Waals surface area contributed by atoms with Crippen LogP contribution in [-0.4, -0.2) is 54.9 Å². The van der Waals surface area contributed by atoms with Gasteiger partial charge in [0.15, 0.2) is 6.10 Å². The molecule has 3 aliphatic rings. The molecule has 0 aromatic carbocycles. The summed E-state index contributed by atoms with van der Waals surface area (Å²) in [5.41, 5.74) is 4.82. The molecule has 11 heteroatoms. The Morgan fingerprint density at radius 3 is 2.71 bits per heavy atom. The number of nitrogens with two attached hydrogens (primary N) is 1. The van der Waals surface area contributed by atoms with Crippen molar-refractivity contribution >= 4 is 5.95 Å². The van der Waals surface area contributed by atoms with E-state index in [0.29, 0.717) is 0 Å². The Morgan fingerprint density at radius 1 is 1.38 bits per heavy atom. The van der Waals surface area contributed by atoms with Crippen LogP contribution in [0.15, 0.2) is 9.42 Å². The van der Waals surface area contributed by atoms with Crippen LogP contribution in [0.2, 0.25) is 0 Å². The van der Waals surface area contributed by atoms with Crippen LogP contribution in [0.25, 0.3) is 11.5 Å². The highest BCUT2D eigenvalue weighted by molar-refractivity contribution is 5.46. The summed E-state index contributed by atoms with van der Waals surface area (Å²) in [4.78, 5) is 19.2. The Bertz CT molecular complexity index is 698. The lowest BCUT2D eigenvalue weighted by atomic mass is 10.1. The summed E-state index contributed by atoms with van der Waals surface area (Å²) >= 11 is 0. The zero-order chi connectivity index (χ0) is 15.3. The monoisotopic (exact) mass is 300 g/mol. The standard InChI is InChI=1S/C10H13N5O6/c1-14-4-7(12-10(11)13-8(4)19)15(21-14)9-6(18)5(17)3(2-16)20-9/h3,5-6,9,16-18H,2H2,1H3,(H-,11,13,19)/p+1/t3-,5-,6-,9-/m1/s1. The average Bonchev–Trinajstić information content (AvgIpc) is 2.89. The molecule has 0 spiro atoms. The molecular weight excluding hydrogens is 286 g/mol. The molecule has 3 rings (SSSR count). The second kappa shape index (κ2) is 4.73. The minimum absolute atomic E-state index is 0.0184. The lowest BCUT2D eigenvalue weighted by Gasteiger charge is -2.09. The summed E-state index contributed by atoms with van der Waals surface area (Å²) in [6.45, 7) is -0.482. The largest absolute Gasteiger partial charge is 0.394 e. The van der Waals surface area contributed by atoms with Crippen molar-refractivity contribution in [1.29, 1.82) is 0 Å². The highest BCUT2D eigenvalue weighted by Crippen LogP contribution is 2.31. The van der Waals surface area contributed by atoms with Crippen LogP contribution in [0.1, 0.15) is 6.23 Å². The van der Waals surface area contributed by atoms with Gasteiger partial charge in [0.25, 0.3) is 6.23 Å². The van der Waals surface area contributed by atoms with Crippen LogP contribution in [0.5, 0.6) is 0 Å². The van der Waals surface area contributed by atoms with Crippen molar-refractivity contribution in [1.82, 2.24) is 14.7 Å². The molecule has 0 aromatic heterocycles. The summed E-state index contributed by atoms with van der Waals surface area (Å²) in [5.74, 6) is -0.237. The number of nitrogen functional groups attached to an aromatic ring is 1. The fourth-order valence-electron chi connectivity index (χ4n) is 2.32. The van der Waals surface area contributed by atoms with Crippen LogP contribution in [0.4, 0.5) is 5.95 Å². The van der Waals surface area contributed by atoms with Crippen LogP contribution in [0.3, 0.4) is 0 Å². The van der Waals surface area contributed by atoms with Gasteiger partial charge in [-0.3, -0.25) is 4.79 Å². The molecule has 0 unspecified atom stereocenters. The Hall–Kier alpha value is -2.08. The number of fused-ring (bicyclic) bond motifs is 1. The third kappa shape index (κ3) is 1.98. The van der Waals surface area contributed by atoms with Crippen LogP contribution >= 0.6 is 0 Å². The van der Waals surface area contributed by atoms with Gasteiger partial charge in [-0.05, 0) is 4.74 Å². The first kappa shape index (κ1) is 13.9. The molecule has 0 aliphatic carbocycles. The lowest BCUT2D eigenvalue weighted by Crippen LogP contribution is -2.34. The van der Waals surface area contributed by atoms with E-state index in [9.17, 15) is 15.0 Å². The molecule has 5 N–H and O–H groups in total. The SMILES string of the molecule is C[n+]1on([C@@H]2O[C@H](CO)[C@@H](O)[C@H]2O)c2nc(N)nc(=O)c1-2. The molecule has 0 aromatic rings. The molecule has 1 saturated heterocycles. The number of nitrogens with zero attached hydrogens (tertiary/aromatic N) is 4. The molecule has 11 nitrogen and oxygen atoms in total. The van der Waals surface area contributed by atoms with Crippen LogP contribution in [-0.2, 0) is 11.8 Å². The number of hydrogen-bond acceptors (Lipinski definition) is 9. The van der Waals surface area contributed by atoms with E-state index in [0.717, 1.165) is 9.48 Å². The number of rotatable bonds is 2. The third-order valence-electron chi connectivity index (χ3n) is 3.33. The van der Waals surface area contributed by atoms with Crippen molar-refractivity contribution in [2.45, 2.75) is 24.5 Å². The maximum Gasteiger partial charge on any atom is 0.330 e. The molecule has 3 aliphatic heterocycles. The first-order chi connectivity index (χ1) is 9.93. The molecule has 21 heavy (non-hydrogen) atoms. The van der Waals surface area contributed by atoms with Gasteiger partial charge < -0.3 is 25.8 Å². The Balaban J connectivity index is 2.11. The molecular formula is C10H14N5O6+. The maximum absolute atomic E-state index is 11.8. The van der Waals surface area contributed by atoms with Crippen LogP contribution in [0, 0.1) is 0 Å². The second-order valence-electron chi connectivity index (χ2n) is 4.69. The van der Waals surface area contributed by atoms with Crippen molar-refractivity contribution < 1.29 is 29.4 Å². The van der Waals surface area contributed by atoms with Crippen molar-refractivity contribution in [2.24, 2.45) is 7.05 Å². The van der Waals surface area contributed by atoms with Crippen LogP contribution < -0.4 is 16.0 Å². The Morgan fingerprint density at radius 2 is 2.10 bits per heavy atom. The van der Waals surface area contributed by atoms with Gasteiger partial charge in [-0.15, -0.1) is 4.63 Å². The molecule has 0 radical (unpaired) electrons. The molecule has 3 heterocycles. The van der Waals surface area contributed by atoms with Gasteiger partial charge in [-0.2, -0.15) is 9.97 Å². The fourth-order valence-corrected chi connectivity index (χ4v) is 2.32. The van der Waals surface area contributed by atoms with E-state index in [2.05, 4.69) is 9.97 Å². The number of aliphatic hydroxyl groups is 3. The number of aryl methyl sites for hydroxylation is 1. The number of aromatic nitrogens is 4. The van der Waals surface area contributed by atoms with E-state index >= 15 is 0 Å². The van der Waals surface area contributed by atoms with Gasteiger partial charge in [0.1, 0.15) is 19.3 Å². The van der Waals surface area contributed by atoms with Gasteiger partial charge in [-0.1, -0.05) is 4.74 Å². The quantitative estimate of drug-likeness (QED) is 0.410. The summed E-state index contributed by atoms with van der Waals surface area (Å²) in [5, 5.41) is 28.8. The van der Waals surface area contributed by atoms with E-state index < -0.39 is 36.7 Å². The molecule has 0 bridgehead atoms. The Labute approximate surface area is 117 Å². The molecule has 114 valence electrons. The number of anilines is 1. The number of ether oxygens (including phenoxy) is 1. The summed E-state index contributed by atoms with van der Waals surface area (Å²) in [7, 11) is 1.45. The fraction of sp³-hybridized carbons (Fsp3) is 0.600. The van der Waals surface area contributed by atoms with E-state index in [1.54, 1.807) is 0 Å². The molecule has 1 fully saturated rings. The second-order valence-corrected chi connectivity index (χ2v) is 4.69. The Kier molecular flexibility index (Phi) is 3.13. The number of aliphatic hydroxyl groups excluding tert-OH is 3. The van der Waals surface area contributed by atoms with E-state index in [-0.39, 0.29) is 17.5 Å². The average molecular weight is 300 g/mol. The molecule has 0 amide bonds. The topological polar surface area (TPSA) is 161 Å². The predicted molar refractivity (Wildman–Crippen MR) is 63.8 cm³/mol. The van der Waals surface area contributed by atoms with Crippen molar-refractivity contribution in [2.75, 3.05) is 12.3 Å². The predicted octanol–water partition coefficient (Wildman–Crippen LogP) is -3.65. The molecule has 0 saturated carbocycles. The summed E-state index contributed by atoms with van der Waals surface area (Å²) in [6.07, 6.45) is -4.81. The summed E-state index contributed by atoms with van der Waals surface area (Å²) in [6, 6.07) is 0. The first-order valence-electron chi connectivity index (χ1n) is 6.12. The van der Waals surface area contributed by atoms with Gasteiger partial charge in [0, 0.05) is 0 Å². The number of hydrogen-bond donors (Lipinski definition) is 4. The summed E-state index contributed by atoms with van der Waals surface area (Å²) < 4.78 is 12.7. The van der Waals surface area contributed by atoms with Crippen molar-refractivity contribution in [3.8, 4) is 11.5 Å². The smallest absolute Gasteiger partial charge is 0.330 e. The van der Waals surface area contributed by atoms with E-state index in [1.807, 2.05) is 0 Å². The first-order valence-corrected chi connectivity index (χ1v) is 6.12. The highest BCUT2D eigenvalue weighted by atomic mass is 16.7. The zero-order valence-corrected chi connectivity index (χ0v) is 10.9. The normalized spacial score (nSPS) is 29.3. The van der Waals surface area contributed by atoms with Gasteiger partial charge in [0.2, 0.25) is 5.95 Å².